The summed E-state index contributed by atoms with van der Waals surface area (Å²) in [4.78, 5) is 4.07. The van der Waals surface area contributed by atoms with Gasteiger partial charge in [0.1, 0.15) is 10.9 Å². The zero-order valence-electron chi connectivity index (χ0n) is 10.4. The van der Waals surface area contributed by atoms with E-state index in [0.717, 1.165) is 5.75 Å². The van der Waals surface area contributed by atoms with Gasteiger partial charge in [-0.15, -0.1) is 0 Å². The van der Waals surface area contributed by atoms with Crippen molar-refractivity contribution in [2.45, 2.75) is 19.8 Å². The first-order valence-corrected chi connectivity index (χ1v) is 6.13. The summed E-state index contributed by atoms with van der Waals surface area (Å²) in [6, 6.07) is 11.1. The molecular formula is C14H15ClN2O. The van der Waals surface area contributed by atoms with Crippen LogP contribution in [0.15, 0.2) is 36.4 Å². The van der Waals surface area contributed by atoms with Crippen molar-refractivity contribution in [2.75, 3.05) is 5.73 Å². The molecule has 0 atom stereocenters. The molecule has 18 heavy (non-hydrogen) atoms. The number of benzene rings is 1. The van der Waals surface area contributed by atoms with E-state index >= 15 is 0 Å². The van der Waals surface area contributed by atoms with Crippen molar-refractivity contribution in [3.63, 3.8) is 0 Å². The van der Waals surface area contributed by atoms with Crippen LogP contribution in [-0.4, -0.2) is 4.98 Å². The molecule has 3 nitrogen and oxygen atoms in total. The smallest absolute Gasteiger partial charge is 0.222 e. The van der Waals surface area contributed by atoms with Crippen molar-refractivity contribution < 1.29 is 4.74 Å². The monoisotopic (exact) mass is 262 g/mol. The number of nitrogens with zero attached hydrogens (tertiary/aromatic N) is 1. The van der Waals surface area contributed by atoms with Crippen LogP contribution in [0.3, 0.4) is 0 Å². The highest BCUT2D eigenvalue weighted by Crippen LogP contribution is 2.26. The normalized spacial score (nSPS) is 10.7. The molecule has 94 valence electrons. The predicted molar refractivity (Wildman–Crippen MR) is 74.3 cm³/mol. The summed E-state index contributed by atoms with van der Waals surface area (Å²) in [5.41, 5.74) is 7.43. The lowest BCUT2D eigenvalue weighted by Gasteiger charge is -2.09. The summed E-state index contributed by atoms with van der Waals surface area (Å²) in [7, 11) is 0. The molecule has 0 aliphatic carbocycles. The summed E-state index contributed by atoms with van der Waals surface area (Å²) in [6.45, 7) is 4.27. The fourth-order valence-electron chi connectivity index (χ4n) is 1.60. The van der Waals surface area contributed by atoms with Gasteiger partial charge in [-0.3, -0.25) is 0 Å². The Morgan fingerprint density at radius 1 is 1.22 bits per heavy atom. The van der Waals surface area contributed by atoms with E-state index in [9.17, 15) is 0 Å². The molecule has 0 unspecified atom stereocenters. The van der Waals surface area contributed by atoms with Crippen LogP contribution in [-0.2, 0) is 0 Å². The van der Waals surface area contributed by atoms with E-state index in [1.165, 1.54) is 5.56 Å². The number of anilines is 1. The highest BCUT2D eigenvalue weighted by atomic mass is 35.5. The Hall–Kier alpha value is -1.74. The van der Waals surface area contributed by atoms with E-state index < -0.39 is 0 Å². The Morgan fingerprint density at radius 3 is 2.67 bits per heavy atom. The van der Waals surface area contributed by atoms with Crippen molar-refractivity contribution >= 4 is 17.3 Å². The second kappa shape index (κ2) is 5.27. The fraction of sp³-hybridized carbons (Fsp3) is 0.214. The van der Waals surface area contributed by atoms with Crippen molar-refractivity contribution in [3.8, 4) is 11.6 Å². The summed E-state index contributed by atoms with van der Waals surface area (Å²) >= 11 is 5.83. The van der Waals surface area contributed by atoms with Gasteiger partial charge in [0.25, 0.3) is 0 Å². The lowest BCUT2D eigenvalue weighted by molar-refractivity contribution is 0.462. The Kier molecular flexibility index (Phi) is 3.72. The second-order valence-electron chi connectivity index (χ2n) is 4.39. The van der Waals surface area contributed by atoms with Crippen molar-refractivity contribution in [1.82, 2.24) is 4.98 Å². The maximum Gasteiger partial charge on any atom is 0.222 e. The quantitative estimate of drug-likeness (QED) is 0.842. The van der Waals surface area contributed by atoms with Gasteiger partial charge in [0, 0.05) is 11.8 Å². The van der Waals surface area contributed by atoms with Gasteiger partial charge >= 0.3 is 0 Å². The molecule has 0 saturated carbocycles. The molecule has 2 rings (SSSR count). The zero-order chi connectivity index (χ0) is 13.1. The van der Waals surface area contributed by atoms with Gasteiger partial charge < -0.3 is 10.5 Å². The molecule has 0 bridgehead atoms. The molecule has 2 aromatic rings. The molecule has 1 heterocycles. The number of nitrogen functional groups attached to an aromatic ring is 1. The van der Waals surface area contributed by atoms with Crippen LogP contribution in [0, 0.1) is 0 Å². The number of nitrogens with two attached hydrogens (primary N) is 1. The predicted octanol–water partition coefficient (Wildman–Crippen LogP) is 4.23. The Morgan fingerprint density at radius 2 is 2.00 bits per heavy atom. The zero-order valence-corrected chi connectivity index (χ0v) is 11.1. The number of hydrogen-bond acceptors (Lipinski definition) is 3. The molecule has 0 spiro atoms. The van der Waals surface area contributed by atoms with Crippen LogP contribution in [0.2, 0.25) is 5.15 Å². The average Bonchev–Trinajstić information content (AvgIpc) is 2.27. The average molecular weight is 263 g/mol. The third-order valence-electron chi connectivity index (χ3n) is 2.54. The van der Waals surface area contributed by atoms with E-state index in [2.05, 4.69) is 24.9 Å². The first-order valence-electron chi connectivity index (χ1n) is 5.75. The van der Waals surface area contributed by atoms with Gasteiger partial charge in [0.05, 0.1) is 0 Å². The van der Waals surface area contributed by atoms with E-state index in [4.69, 9.17) is 22.1 Å². The highest BCUT2D eigenvalue weighted by molar-refractivity contribution is 6.29. The number of pyridine rings is 1. The van der Waals surface area contributed by atoms with Crippen LogP contribution >= 0.6 is 11.6 Å². The van der Waals surface area contributed by atoms with Crippen molar-refractivity contribution in [1.29, 1.82) is 0 Å². The number of rotatable bonds is 3. The van der Waals surface area contributed by atoms with Crippen LogP contribution in [0.25, 0.3) is 0 Å². The molecular weight excluding hydrogens is 248 g/mol. The van der Waals surface area contributed by atoms with Gasteiger partial charge in [0.2, 0.25) is 5.88 Å². The number of ether oxygens (including phenoxy) is 1. The van der Waals surface area contributed by atoms with Gasteiger partial charge in [-0.1, -0.05) is 37.6 Å². The first-order chi connectivity index (χ1) is 8.54. The lowest BCUT2D eigenvalue weighted by Crippen LogP contribution is -1.93. The topological polar surface area (TPSA) is 48.1 Å². The largest absolute Gasteiger partial charge is 0.439 e. The number of hydrogen-bond donors (Lipinski definition) is 1. The molecule has 0 saturated heterocycles. The summed E-state index contributed by atoms with van der Waals surface area (Å²) < 4.78 is 5.66. The minimum absolute atomic E-state index is 0.324. The Bertz CT molecular complexity index is 535. The summed E-state index contributed by atoms with van der Waals surface area (Å²) in [5.74, 6) is 1.59. The molecule has 4 heteroatoms. The third-order valence-corrected chi connectivity index (χ3v) is 2.73. The third kappa shape index (κ3) is 3.14. The van der Waals surface area contributed by atoms with E-state index in [-0.39, 0.29) is 0 Å². The second-order valence-corrected chi connectivity index (χ2v) is 4.78. The SMILES string of the molecule is CC(C)c1cccc(Oc2cc(N)cc(Cl)n2)c1. The van der Waals surface area contributed by atoms with Crippen LogP contribution in [0.4, 0.5) is 5.69 Å². The maximum absolute atomic E-state index is 5.83. The van der Waals surface area contributed by atoms with E-state index in [1.54, 1.807) is 12.1 Å². The van der Waals surface area contributed by atoms with Gasteiger partial charge in [0.15, 0.2) is 0 Å². The minimum atomic E-state index is 0.324. The van der Waals surface area contributed by atoms with Crippen LogP contribution in [0.1, 0.15) is 25.3 Å². The molecule has 0 aliphatic rings. The summed E-state index contributed by atoms with van der Waals surface area (Å²) in [6.07, 6.45) is 0. The lowest BCUT2D eigenvalue weighted by atomic mass is 10.0. The van der Waals surface area contributed by atoms with E-state index in [0.29, 0.717) is 22.6 Å². The molecule has 1 aromatic heterocycles. The van der Waals surface area contributed by atoms with Crippen molar-refractivity contribution in [3.05, 3.63) is 47.1 Å². The van der Waals surface area contributed by atoms with Gasteiger partial charge in [-0.05, 0) is 29.7 Å². The fourth-order valence-corrected chi connectivity index (χ4v) is 1.81. The van der Waals surface area contributed by atoms with Crippen LogP contribution < -0.4 is 10.5 Å². The minimum Gasteiger partial charge on any atom is -0.439 e. The number of aromatic nitrogens is 1. The molecule has 0 radical (unpaired) electrons. The number of halogens is 1. The maximum atomic E-state index is 5.83. The molecule has 1 aromatic carbocycles. The first kappa shape index (κ1) is 12.7. The molecule has 0 amide bonds. The highest BCUT2D eigenvalue weighted by Gasteiger charge is 2.04. The van der Waals surface area contributed by atoms with Gasteiger partial charge in [-0.2, -0.15) is 0 Å². The van der Waals surface area contributed by atoms with E-state index in [1.807, 2.05) is 18.2 Å². The van der Waals surface area contributed by atoms with Crippen molar-refractivity contribution in [2.24, 2.45) is 0 Å². The Labute approximate surface area is 112 Å². The molecule has 0 fully saturated rings. The van der Waals surface area contributed by atoms with Gasteiger partial charge in [-0.25, -0.2) is 4.98 Å². The standard InChI is InChI=1S/C14H15ClN2O/c1-9(2)10-4-3-5-12(6-10)18-14-8-11(16)7-13(15)17-14/h3-9H,1-2H3,(H2,16,17). The molecule has 2 N–H and O–H groups in total. The Balaban J connectivity index is 2.25. The van der Waals surface area contributed by atoms with Crippen LogP contribution in [0.5, 0.6) is 11.6 Å². The molecule has 0 aliphatic heterocycles. The summed E-state index contributed by atoms with van der Waals surface area (Å²) in [5, 5.41) is 0.324.